The van der Waals surface area contributed by atoms with E-state index in [9.17, 15) is 0 Å². The van der Waals surface area contributed by atoms with Gasteiger partial charge in [-0.15, -0.1) is 12.1 Å². The molecule has 4 nitrogen and oxygen atoms in total. The van der Waals surface area contributed by atoms with Gasteiger partial charge in [-0.25, -0.2) is 21.6 Å². The van der Waals surface area contributed by atoms with Crippen molar-refractivity contribution in [2.75, 3.05) is 0 Å². The minimum atomic E-state index is 0. The van der Waals surface area contributed by atoms with Gasteiger partial charge in [0.25, 0.3) is 0 Å². The molecule has 22 heavy (non-hydrogen) atoms. The van der Waals surface area contributed by atoms with Crippen molar-refractivity contribution in [1.82, 2.24) is 14.6 Å². The van der Waals surface area contributed by atoms with E-state index in [2.05, 4.69) is 16.2 Å². The van der Waals surface area contributed by atoms with Gasteiger partial charge in [-0.3, -0.25) is 0 Å². The van der Waals surface area contributed by atoms with Gasteiger partial charge < -0.3 is 0 Å². The Morgan fingerprint density at radius 2 is 1.86 bits per heavy atom. The van der Waals surface area contributed by atoms with Crippen LogP contribution in [0.2, 0.25) is 0 Å². The molecule has 108 valence electrons. The summed E-state index contributed by atoms with van der Waals surface area (Å²) >= 11 is 0. The quantitative estimate of drug-likeness (QED) is 0.397. The molecule has 0 bridgehead atoms. The maximum Gasteiger partial charge on any atom is 2.00 e. The second-order valence-electron chi connectivity index (χ2n) is 4.37. The molecule has 2 aromatic heterocycles. The molecule has 0 N–H and O–H groups in total. The average Bonchev–Trinajstić information content (AvgIpc) is 3.27. The Morgan fingerprint density at radius 1 is 1.14 bits per heavy atom. The molecule has 0 radical (unpaired) electrons. The van der Waals surface area contributed by atoms with Gasteiger partial charge in [-0.05, 0) is 11.9 Å². The summed E-state index contributed by atoms with van der Waals surface area (Å²) in [6.45, 7) is 0. The molecule has 4 aromatic rings. The molecule has 0 atom stereocenters. The van der Waals surface area contributed by atoms with E-state index in [1.54, 1.807) is 10.7 Å². The molecular formula is C17H12FeN4. The zero-order chi connectivity index (χ0) is 14.5. The van der Waals surface area contributed by atoms with Gasteiger partial charge in [0, 0.05) is 0 Å². The van der Waals surface area contributed by atoms with E-state index >= 15 is 0 Å². The number of rotatable bonds is 1. The first-order valence-electron chi connectivity index (χ1n) is 6.52. The Labute approximate surface area is 138 Å². The van der Waals surface area contributed by atoms with Gasteiger partial charge in [0.05, 0.1) is 6.20 Å². The minimum absolute atomic E-state index is 0. The summed E-state index contributed by atoms with van der Waals surface area (Å²) in [5.41, 5.74) is 3.10. The van der Waals surface area contributed by atoms with Crippen LogP contribution < -0.4 is 0 Å². The van der Waals surface area contributed by atoms with Crippen molar-refractivity contribution in [2.45, 2.75) is 0 Å². The summed E-state index contributed by atoms with van der Waals surface area (Å²) < 4.78 is 1.69. The van der Waals surface area contributed by atoms with Crippen molar-refractivity contribution in [2.24, 2.45) is 0 Å². The molecule has 0 amide bonds. The molecular weight excluding hydrogens is 316 g/mol. The van der Waals surface area contributed by atoms with Crippen LogP contribution in [0.15, 0.2) is 73.1 Å². The molecule has 2 aromatic carbocycles. The third-order valence-electron chi connectivity index (χ3n) is 3.04. The van der Waals surface area contributed by atoms with Crippen LogP contribution in [0.3, 0.4) is 0 Å². The summed E-state index contributed by atoms with van der Waals surface area (Å²) in [5, 5.41) is 13.1. The first-order chi connectivity index (χ1) is 10.4. The zero-order valence-corrected chi connectivity index (χ0v) is 12.7. The van der Waals surface area contributed by atoms with Gasteiger partial charge in [-0.1, -0.05) is 11.6 Å². The second-order valence-corrected chi connectivity index (χ2v) is 4.37. The SMILES string of the molecule is N#Cc1cnn2c(-[c-]3cccc3)ccnc12.[Fe+2].c1cc[cH-]c1. The van der Waals surface area contributed by atoms with E-state index in [4.69, 9.17) is 5.26 Å². The molecule has 4 rings (SSSR count). The normalized spacial score (nSPS) is 9.41. The summed E-state index contributed by atoms with van der Waals surface area (Å²) in [6, 6.07) is 21.9. The van der Waals surface area contributed by atoms with Gasteiger partial charge in [-0.2, -0.15) is 40.7 Å². The molecule has 0 aliphatic rings. The fraction of sp³-hybridized carbons (Fsp3) is 0. The van der Waals surface area contributed by atoms with Gasteiger partial charge >= 0.3 is 17.1 Å². The van der Waals surface area contributed by atoms with E-state index in [0.717, 1.165) is 11.3 Å². The van der Waals surface area contributed by atoms with Crippen LogP contribution in [-0.2, 0) is 17.1 Å². The number of aromatic nitrogens is 3. The molecule has 0 fully saturated rings. The molecule has 0 saturated heterocycles. The Hall–Kier alpha value is -2.67. The van der Waals surface area contributed by atoms with Crippen molar-refractivity contribution in [3.05, 3.63) is 78.6 Å². The van der Waals surface area contributed by atoms with Crippen molar-refractivity contribution in [1.29, 1.82) is 5.26 Å². The van der Waals surface area contributed by atoms with Crippen molar-refractivity contribution in [3.63, 3.8) is 0 Å². The third kappa shape index (κ3) is 3.15. The minimum Gasteiger partial charge on any atom is -0.246 e. The van der Waals surface area contributed by atoms with E-state index in [1.165, 1.54) is 6.20 Å². The molecule has 0 aliphatic heterocycles. The van der Waals surface area contributed by atoms with Crippen molar-refractivity contribution in [3.8, 4) is 17.3 Å². The van der Waals surface area contributed by atoms with Gasteiger partial charge in [0.15, 0.2) is 5.65 Å². The first kappa shape index (κ1) is 15.7. The van der Waals surface area contributed by atoms with Crippen LogP contribution in [0.25, 0.3) is 16.9 Å². The molecule has 0 saturated carbocycles. The van der Waals surface area contributed by atoms with Gasteiger partial charge in [0.1, 0.15) is 11.6 Å². The van der Waals surface area contributed by atoms with Crippen LogP contribution in [0.1, 0.15) is 5.56 Å². The van der Waals surface area contributed by atoms with Crippen LogP contribution in [0.5, 0.6) is 0 Å². The summed E-state index contributed by atoms with van der Waals surface area (Å²) in [6.07, 6.45) is 3.23. The number of nitriles is 1. The number of hydrogen-bond acceptors (Lipinski definition) is 3. The standard InChI is InChI=1S/C12H7N4.C5H5.Fe/c13-7-10-8-15-16-11(5-6-14-12(10)16)9-3-1-2-4-9;1-2-4-5-3-1;/h1-6,8H;1-5H;/q2*-1;+2. The van der Waals surface area contributed by atoms with E-state index in [1.807, 2.05) is 60.7 Å². The average molecular weight is 328 g/mol. The van der Waals surface area contributed by atoms with E-state index in [-0.39, 0.29) is 17.1 Å². The summed E-state index contributed by atoms with van der Waals surface area (Å²) in [7, 11) is 0. The fourth-order valence-corrected chi connectivity index (χ4v) is 2.05. The largest absolute Gasteiger partial charge is 2.00 e. The van der Waals surface area contributed by atoms with E-state index < -0.39 is 0 Å². The Morgan fingerprint density at radius 3 is 2.45 bits per heavy atom. The monoisotopic (exact) mass is 328 g/mol. The zero-order valence-electron chi connectivity index (χ0n) is 11.6. The van der Waals surface area contributed by atoms with Crippen LogP contribution in [0, 0.1) is 11.3 Å². The van der Waals surface area contributed by atoms with Gasteiger partial charge in [0.2, 0.25) is 0 Å². The molecule has 0 spiro atoms. The smallest absolute Gasteiger partial charge is 0.246 e. The van der Waals surface area contributed by atoms with Crippen LogP contribution in [0.4, 0.5) is 0 Å². The predicted octanol–water partition coefficient (Wildman–Crippen LogP) is 3.39. The Kier molecular flexibility index (Phi) is 5.26. The van der Waals surface area contributed by atoms with Crippen LogP contribution >= 0.6 is 0 Å². The topological polar surface area (TPSA) is 54.0 Å². The molecule has 0 aliphatic carbocycles. The number of fused-ring (bicyclic) bond motifs is 1. The Bertz CT molecular complexity index is 835. The summed E-state index contributed by atoms with van der Waals surface area (Å²) in [4.78, 5) is 4.16. The van der Waals surface area contributed by atoms with Crippen molar-refractivity contribution < 1.29 is 17.1 Å². The molecule has 2 heterocycles. The van der Waals surface area contributed by atoms with Crippen LogP contribution in [-0.4, -0.2) is 14.6 Å². The second kappa shape index (κ2) is 7.37. The predicted molar refractivity (Wildman–Crippen MR) is 80.8 cm³/mol. The number of hydrogen-bond donors (Lipinski definition) is 0. The van der Waals surface area contributed by atoms with Crippen molar-refractivity contribution >= 4 is 5.65 Å². The summed E-state index contributed by atoms with van der Waals surface area (Å²) in [5.74, 6) is 0. The third-order valence-corrected chi connectivity index (χ3v) is 3.04. The van der Waals surface area contributed by atoms with E-state index in [0.29, 0.717) is 11.2 Å². The fourth-order valence-electron chi connectivity index (χ4n) is 2.05. The molecule has 0 unspecified atom stereocenters. The number of nitrogens with zero attached hydrogens (tertiary/aromatic N) is 4. The Balaban J connectivity index is 0.000000253. The maximum atomic E-state index is 8.90. The molecule has 5 heteroatoms. The first-order valence-corrected chi connectivity index (χ1v) is 6.52. The maximum absolute atomic E-state index is 8.90.